The van der Waals surface area contributed by atoms with E-state index < -0.39 is 17.2 Å². The van der Waals surface area contributed by atoms with E-state index in [2.05, 4.69) is 53.5 Å². The van der Waals surface area contributed by atoms with Crippen LogP contribution in [0.2, 0.25) is 5.28 Å². The van der Waals surface area contributed by atoms with E-state index in [9.17, 15) is 4.79 Å². The van der Waals surface area contributed by atoms with Crippen LogP contribution in [0.5, 0.6) is 0 Å². The first-order valence-corrected chi connectivity index (χ1v) is 12.3. The Hall–Kier alpha value is -3.39. The van der Waals surface area contributed by atoms with Crippen molar-refractivity contribution in [2.24, 2.45) is 12.5 Å². The van der Waals surface area contributed by atoms with Crippen molar-refractivity contribution in [2.75, 3.05) is 5.32 Å². The second-order valence-electron chi connectivity index (χ2n) is 11.1. The van der Waals surface area contributed by atoms with Gasteiger partial charge in [0, 0.05) is 25.4 Å². The van der Waals surface area contributed by atoms with Crippen LogP contribution >= 0.6 is 11.6 Å². The van der Waals surface area contributed by atoms with E-state index in [1.54, 1.807) is 12.3 Å². The van der Waals surface area contributed by atoms with Gasteiger partial charge in [0.05, 0.1) is 11.0 Å². The number of rotatable bonds is 4. The number of allylic oxidation sites excluding steroid dienone is 2. The molecule has 0 fully saturated rings. The first kappa shape index (κ1) is 25.7. The minimum Gasteiger partial charge on any atom is -0.444 e. The van der Waals surface area contributed by atoms with Crippen LogP contribution in [0.4, 0.5) is 16.3 Å². The Morgan fingerprint density at radius 2 is 1.89 bits per heavy atom. The quantitative estimate of drug-likeness (QED) is 0.395. The molecule has 190 valence electrons. The Labute approximate surface area is 216 Å². The average molecular weight is 509 g/mol. The fraction of sp³-hybridized carbons (Fsp3) is 0.407. The minimum atomic E-state index is -0.862. The second-order valence-corrected chi connectivity index (χ2v) is 11.4. The van der Waals surface area contributed by atoms with Crippen molar-refractivity contribution in [3.05, 3.63) is 65.4 Å². The molecule has 2 aromatic heterocycles. The van der Waals surface area contributed by atoms with Crippen LogP contribution in [-0.2, 0) is 17.3 Å². The van der Waals surface area contributed by atoms with Gasteiger partial charge in [0.15, 0.2) is 0 Å². The third-order valence-corrected chi connectivity index (χ3v) is 6.14. The highest BCUT2D eigenvalue weighted by atomic mass is 35.5. The lowest BCUT2D eigenvalue weighted by Crippen LogP contribution is -2.48. The summed E-state index contributed by atoms with van der Waals surface area (Å²) in [5.74, 6) is 1.30. The van der Waals surface area contributed by atoms with Gasteiger partial charge in [-0.3, -0.25) is 0 Å². The van der Waals surface area contributed by atoms with Gasteiger partial charge in [-0.1, -0.05) is 39.0 Å². The van der Waals surface area contributed by atoms with Gasteiger partial charge in [0.1, 0.15) is 22.8 Å². The molecule has 4 rings (SSSR count). The topological polar surface area (TPSA) is 94.0 Å². The highest BCUT2D eigenvalue weighted by molar-refractivity contribution is 6.28. The second kappa shape index (κ2) is 9.24. The Bertz CT molecular complexity index is 1360. The number of benzene rings is 1. The van der Waals surface area contributed by atoms with E-state index in [-0.39, 0.29) is 10.7 Å². The van der Waals surface area contributed by atoms with Crippen molar-refractivity contribution in [2.45, 2.75) is 59.1 Å². The summed E-state index contributed by atoms with van der Waals surface area (Å²) in [7, 11) is 1.96. The Morgan fingerprint density at radius 1 is 1.14 bits per heavy atom. The number of fused-ring (bicyclic) bond motifs is 1. The number of hydrogen-bond acceptors (Lipinski definition) is 6. The molecule has 0 radical (unpaired) electrons. The van der Waals surface area contributed by atoms with E-state index in [4.69, 9.17) is 21.3 Å². The zero-order chi connectivity index (χ0) is 26.3. The number of carbonyl (C=O) groups is 1. The summed E-state index contributed by atoms with van der Waals surface area (Å²) in [6.07, 6.45) is 7.93. The fourth-order valence-corrected chi connectivity index (χ4v) is 4.37. The molecule has 1 unspecified atom stereocenters. The molecule has 2 N–H and O–H groups in total. The molecule has 0 saturated carbocycles. The molecule has 0 bridgehead atoms. The molecule has 0 spiro atoms. The van der Waals surface area contributed by atoms with Crippen LogP contribution < -0.4 is 10.6 Å². The molecule has 1 atom stereocenters. The number of nitrogens with one attached hydrogen (secondary N) is 2. The third kappa shape index (κ3) is 5.54. The molecular weight excluding hydrogens is 476 g/mol. The van der Waals surface area contributed by atoms with Crippen LogP contribution in [0, 0.1) is 5.41 Å². The van der Waals surface area contributed by atoms with E-state index in [0.29, 0.717) is 18.1 Å². The van der Waals surface area contributed by atoms with Crippen molar-refractivity contribution in [3.63, 3.8) is 0 Å². The standard InChI is InChI=1S/C27H33ClN6O2/c1-25(2,3)17-10-13-27(14-11-17,33-24(35)36-26(4,5)6)22-31-19-16-18(8-9-20(19)34(22)7)30-21-12-15-29-23(28)32-21/h8-13,15-16H,14H2,1-7H3,(H,33,35)(H,29,30,32). The van der Waals surface area contributed by atoms with Gasteiger partial charge in [-0.2, -0.15) is 0 Å². The van der Waals surface area contributed by atoms with E-state index in [0.717, 1.165) is 16.7 Å². The molecule has 1 aromatic carbocycles. The number of amides is 1. The number of aryl methyl sites for hydroxylation is 1. The van der Waals surface area contributed by atoms with Crippen molar-refractivity contribution in [3.8, 4) is 0 Å². The van der Waals surface area contributed by atoms with Gasteiger partial charge in [-0.15, -0.1) is 0 Å². The summed E-state index contributed by atoms with van der Waals surface area (Å²) < 4.78 is 7.63. The average Bonchev–Trinajstić information content (AvgIpc) is 3.08. The molecule has 8 nitrogen and oxygen atoms in total. The Kier molecular flexibility index (Phi) is 6.60. The van der Waals surface area contributed by atoms with Gasteiger partial charge in [0.25, 0.3) is 0 Å². The highest BCUT2D eigenvalue weighted by Gasteiger charge is 2.39. The maximum absolute atomic E-state index is 12.9. The molecule has 3 aromatic rings. The SMILES string of the molecule is Cn1c(C2(NC(=O)OC(C)(C)C)C=CC(C(C)(C)C)=CC2)nc2cc(Nc3ccnc(Cl)n3)ccc21. The molecule has 9 heteroatoms. The number of hydrogen-bond donors (Lipinski definition) is 2. The zero-order valence-electron chi connectivity index (χ0n) is 21.8. The fourth-order valence-electron chi connectivity index (χ4n) is 4.22. The van der Waals surface area contributed by atoms with E-state index >= 15 is 0 Å². The van der Waals surface area contributed by atoms with Gasteiger partial charge in [-0.25, -0.2) is 19.7 Å². The smallest absolute Gasteiger partial charge is 0.408 e. The lowest BCUT2D eigenvalue weighted by Gasteiger charge is -2.35. The molecule has 36 heavy (non-hydrogen) atoms. The molecular formula is C27H33ClN6O2. The van der Waals surface area contributed by atoms with Gasteiger partial charge >= 0.3 is 6.09 Å². The minimum absolute atomic E-state index is 0.00854. The van der Waals surface area contributed by atoms with Crippen LogP contribution in [0.3, 0.4) is 0 Å². The van der Waals surface area contributed by atoms with E-state index in [1.165, 1.54) is 5.57 Å². The van der Waals surface area contributed by atoms with E-state index in [1.807, 2.05) is 56.7 Å². The van der Waals surface area contributed by atoms with Crippen LogP contribution in [-0.4, -0.2) is 31.2 Å². The summed E-state index contributed by atoms with van der Waals surface area (Å²) in [6.45, 7) is 12.1. The first-order chi connectivity index (χ1) is 16.8. The van der Waals surface area contributed by atoms with Crippen LogP contribution in [0.25, 0.3) is 11.0 Å². The Morgan fingerprint density at radius 3 is 2.50 bits per heavy atom. The predicted molar refractivity (Wildman–Crippen MR) is 143 cm³/mol. The number of imidazole rings is 1. The summed E-state index contributed by atoms with van der Waals surface area (Å²) in [4.78, 5) is 26.0. The summed E-state index contributed by atoms with van der Waals surface area (Å²) >= 11 is 5.92. The lowest BCUT2D eigenvalue weighted by atomic mass is 9.78. The maximum atomic E-state index is 12.9. The van der Waals surface area contributed by atoms with Gasteiger partial charge in [0.2, 0.25) is 5.28 Å². The highest BCUT2D eigenvalue weighted by Crippen LogP contribution is 2.38. The van der Waals surface area contributed by atoms with Crippen molar-refractivity contribution in [1.29, 1.82) is 0 Å². The largest absolute Gasteiger partial charge is 0.444 e. The van der Waals surface area contributed by atoms with Crippen molar-refractivity contribution in [1.82, 2.24) is 24.8 Å². The molecule has 1 aliphatic carbocycles. The molecule has 1 amide bonds. The molecule has 0 saturated heterocycles. The first-order valence-electron chi connectivity index (χ1n) is 11.9. The zero-order valence-corrected chi connectivity index (χ0v) is 22.6. The number of aromatic nitrogens is 4. The number of nitrogens with zero attached hydrogens (tertiary/aromatic N) is 4. The van der Waals surface area contributed by atoms with Gasteiger partial charge in [-0.05, 0) is 67.6 Å². The number of ether oxygens (including phenoxy) is 1. The molecule has 1 aliphatic rings. The molecule has 0 aliphatic heterocycles. The normalized spacial score (nSPS) is 18.2. The summed E-state index contributed by atoms with van der Waals surface area (Å²) in [6, 6.07) is 7.62. The Balaban J connectivity index is 1.73. The van der Waals surface area contributed by atoms with Crippen LogP contribution in [0.1, 0.15) is 53.8 Å². The molecule has 2 heterocycles. The monoisotopic (exact) mass is 508 g/mol. The summed E-state index contributed by atoms with van der Waals surface area (Å²) in [5, 5.41) is 6.52. The summed E-state index contributed by atoms with van der Waals surface area (Å²) in [5.41, 5.74) is 2.24. The van der Waals surface area contributed by atoms with Gasteiger partial charge < -0.3 is 19.9 Å². The van der Waals surface area contributed by atoms with Crippen molar-refractivity contribution >= 4 is 40.2 Å². The number of alkyl carbamates (subject to hydrolysis) is 1. The number of halogens is 1. The van der Waals surface area contributed by atoms with Crippen LogP contribution in [0.15, 0.2) is 54.3 Å². The number of anilines is 2. The lowest BCUT2D eigenvalue weighted by molar-refractivity contribution is 0.0470. The van der Waals surface area contributed by atoms with Crippen molar-refractivity contribution < 1.29 is 9.53 Å². The maximum Gasteiger partial charge on any atom is 0.408 e. The predicted octanol–water partition coefficient (Wildman–Crippen LogP) is 6.41. The third-order valence-electron chi connectivity index (χ3n) is 5.96. The number of carbonyl (C=O) groups excluding carboxylic acids is 1.